The summed E-state index contributed by atoms with van der Waals surface area (Å²) in [5.41, 5.74) is 2.12. The zero-order valence-corrected chi connectivity index (χ0v) is 17.1. The lowest BCUT2D eigenvalue weighted by Crippen LogP contribution is -2.24. The van der Waals surface area contributed by atoms with E-state index < -0.39 is 6.36 Å². The summed E-state index contributed by atoms with van der Waals surface area (Å²) in [7, 11) is 0. The van der Waals surface area contributed by atoms with Crippen molar-refractivity contribution >= 4 is 10.8 Å². The lowest BCUT2D eigenvalue weighted by atomic mass is 10.0. The topological polar surface area (TPSA) is 26.6 Å². The molecule has 1 saturated carbocycles. The van der Waals surface area contributed by atoms with Crippen molar-refractivity contribution in [2.45, 2.75) is 19.5 Å². The molecular formula is C25H24F3N2O-. The fourth-order valence-electron chi connectivity index (χ4n) is 4.99. The lowest BCUT2D eigenvalue weighted by Gasteiger charge is -2.24. The number of fused-ring (bicyclic) bond motifs is 2. The molecule has 0 bridgehead atoms. The van der Waals surface area contributed by atoms with Crippen LogP contribution in [0.5, 0.6) is 5.75 Å². The third-order valence-corrected chi connectivity index (χ3v) is 6.49. The van der Waals surface area contributed by atoms with Gasteiger partial charge in [-0.05, 0) is 40.3 Å². The van der Waals surface area contributed by atoms with Gasteiger partial charge >= 0.3 is 6.36 Å². The highest BCUT2D eigenvalue weighted by atomic mass is 19.4. The van der Waals surface area contributed by atoms with Crippen molar-refractivity contribution in [3.63, 3.8) is 0 Å². The Bertz CT molecular complexity index is 1050. The van der Waals surface area contributed by atoms with Crippen molar-refractivity contribution in [1.82, 2.24) is 4.90 Å². The summed E-state index contributed by atoms with van der Waals surface area (Å²) in [6.07, 6.45) is -4.67. The number of piperidine rings is 1. The van der Waals surface area contributed by atoms with Crippen LogP contribution in [0.1, 0.15) is 11.1 Å². The molecule has 2 fully saturated rings. The molecule has 3 aromatic carbocycles. The van der Waals surface area contributed by atoms with Crippen LogP contribution >= 0.6 is 0 Å². The number of rotatable bonds is 7. The Kier molecular flexibility index (Phi) is 5.36. The Labute approximate surface area is 179 Å². The standard InChI is InChI=1S/C25H24F3N2O/c26-25(27,28)31-20-9-3-5-17(11-20)12-29-13-22-23-15-30(16-24(22)23)14-19-8-4-7-18-6-1-2-10-21(18)19/h1-11,22-24H,12-16H2/q-1. The van der Waals surface area contributed by atoms with Crippen LogP contribution in [0.4, 0.5) is 13.2 Å². The van der Waals surface area contributed by atoms with Gasteiger partial charge in [-0.3, -0.25) is 4.90 Å². The highest BCUT2D eigenvalue weighted by Gasteiger charge is 2.53. The number of nitrogens with zero attached hydrogens (tertiary/aromatic N) is 2. The molecule has 3 nitrogen and oxygen atoms in total. The van der Waals surface area contributed by atoms with Crippen molar-refractivity contribution in [2.24, 2.45) is 17.8 Å². The normalized spacial score (nSPS) is 23.1. The predicted molar refractivity (Wildman–Crippen MR) is 115 cm³/mol. The van der Waals surface area contributed by atoms with Gasteiger partial charge in [0.15, 0.2) is 0 Å². The van der Waals surface area contributed by atoms with E-state index in [1.807, 2.05) is 0 Å². The molecule has 3 aromatic rings. The van der Waals surface area contributed by atoms with Crippen molar-refractivity contribution in [3.8, 4) is 5.75 Å². The van der Waals surface area contributed by atoms with Crippen LogP contribution in [0, 0.1) is 17.8 Å². The molecule has 1 saturated heterocycles. The van der Waals surface area contributed by atoms with Crippen LogP contribution in [0.2, 0.25) is 0 Å². The van der Waals surface area contributed by atoms with Gasteiger partial charge in [-0.1, -0.05) is 66.1 Å². The highest BCUT2D eigenvalue weighted by Crippen LogP contribution is 2.52. The van der Waals surface area contributed by atoms with Crippen LogP contribution in [-0.2, 0) is 13.1 Å². The maximum absolute atomic E-state index is 12.4. The van der Waals surface area contributed by atoms with Gasteiger partial charge in [0.05, 0.1) is 0 Å². The first-order valence-corrected chi connectivity index (χ1v) is 10.6. The van der Waals surface area contributed by atoms with Crippen molar-refractivity contribution in [1.29, 1.82) is 0 Å². The summed E-state index contributed by atoms with van der Waals surface area (Å²) in [6, 6.07) is 21.1. The number of ether oxygens (including phenoxy) is 1. The van der Waals surface area contributed by atoms with Crippen LogP contribution in [0.3, 0.4) is 0 Å². The zero-order valence-electron chi connectivity index (χ0n) is 17.1. The molecule has 2 aliphatic rings. The van der Waals surface area contributed by atoms with Gasteiger partial charge in [0.2, 0.25) is 0 Å². The first-order chi connectivity index (χ1) is 15.0. The van der Waals surface area contributed by atoms with Gasteiger partial charge in [-0.25, -0.2) is 0 Å². The molecule has 0 radical (unpaired) electrons. The van der Waals surface area contributed by atoms with Gasteiger partial charge in [-0.2, -0.15) is 0 Å². The second-order valence-electron chi connectivity index (χ2n) is 8.58. The summed E-state index contributed by atoms with van der Waals surface area (Å²) < 4.78 is 41.1. The maximum atomic E-state index is 12.4. The van der Waals surface area contributed by atoms with Gasteiger partial charge in [0.25, 0.3) is 0 Å². The third kappa shape index (κ3) is 4.70. The van der Waals surface area contributed by atoms with Gasteiger partial charge in [-0.15, -0.1) is 26.3 Å². The van der Waals surface area contributed by atoms with Gasteiger partial charge < -0.3 is 10.1 Å². The fraction of sp³-hybridized carbons (Fsp3) is 0.360. The number of likely N-dealkylation sites (tertiary alicyclic amines) is 1. The summed E-state index contributed by atoms with van der Waals surface area (Å²) >= 11 is 0. The minimum absolute atomic E-state index is 0.187. The quantitative estimate of drug-likeness (QED) is 0.465. The summed E-state index contributed by atoms with van der Waals surface area (Å²) in [6.45, 7) is 4.38. The average molecular weight is 425 g/mol. The molecule has 6 heteroatoms. The largest absolute Gasteiger partial charge is 0.658 e. The fourth-order valence-corrected chi connectivity index (χ4v) is 4.99. The Morgan fingerprint density at radius 1 is 0.935 bits per heavy atom. The summed E-state index contributed by atoms with van der Waals surface area (Å²) in [5.74, 6) is 1.81. The van der Waals surface area contributed by atoms with Crippen molar-refractivity contribution < 1.29 is 17.9 Å². The molecule has 1 heterocycles. The van der Waals surface area contributed by atoms with E-state index in [1.54, 1.807) is 12.1 Å². The molecule has 5 rings (SSSR count). The Balaban J connectivity index is 1.09. The third-order valence-electron chi connectivity index (χ3n) is 6.49. The number of alkyl halides is 3. The van der Waals surface area contributed by atoms with E-state index in [2.05, 4.69) is 57.4 Å². The van der Waals surface area contributed by atoms with E-state index >= 15 is 0 Å². The number of halogens is 3. The molecule has 1 aliphatic carbocycles. The highest BCUT2D eigenvalue weighted by molar-refractivity contribution is 5.85. The minimum Gasteiger partial charge on any atom is -0.658 e. The van der Waals surface area contributed by atoms with Gasteiger partial charge in [0.1, 0.15) is 5.75 Å². The Morgan fingerprint density at radius 2 is 1.68 bits per heavy atom. The number of hydrogen-bond acceptors (Lipinski definition) is 2. The predicted octanol–water partition coefficient (Wildman–Crippen LogP) is 5.99. The minimum atomic E-state index is -4.67. The maximum Gasteiger partial charge on any atom is 0.573 e. The molecule has 2 atom stereocenters. The molecule has 0 N–H and O–H groups in total. The van der Waals surface area contributed by atoms with Crippen molar-refractivity contribution in [2.75, 3.05) is 19.6 Å². The summed E-state index contributed by atoms with van der Waals surface area (Å²) in [5, 5.41) is 7.23. The monoisotopic (exact) mass is 425 g/mol. The second kappa shape index (κ2) is 8.17. The number of hydrogen-bond donors (Lipinski definition) is 0. The molecular weight excluding hydrogens is 401 g/mol. The van der Waals surface area contributed by atoms with Crippen LogP contribution in [0.25, 0.3) is 16.1 Å². The second-order valence-corrected chi connectivity index (χ2v) is 8.58. The van der Waals surface area contributed by atoms with E-state index in [4.69, 9.17) is 0 Å². The Morgan fingerprint density at radius 3 is 2.48 bits per heavy atom. The molecule has 0 aromatic heterocycles. The van der Waals surface area contributed by atoms with Crippen LogP contribution in [-0.4, -0.2) is 30.9 Å². The van der Waals surface area contributed by atoms with Gasteiger partial charge in [0, 0.05) is 19.6 Å². The van der Waals surface area contributed by atoms with Crippen LogP contribution in [0.15, 0.2) is 66.7 Å². The van der Waals surface area contributed by atoms with E-state index in [0.29, 0.717) is 24.3 Å². The van der Waals surface area contributed by atoms with Crippen LogP contribution < -0.4 is 4.74 Å². The first kappa shape index (κ1) is 20.3. The molecule has 31 heavy (non-hydrogen) atoms. The number of benzene rings is 3. The summed E-state index contributed by atoms with van der Waals surface area (Å²) in [4.78, 5) is 2.53. The molecule has 1 aliphatic heterocycles. The average Bonchev–Trinajstić information content (AvgIpc) is 3.18. The molecule has 0 spiro atoms. The lowest BCUT2D eigenvalue weighted by molar-refractivity contribution is -0.274. The van der Waals surface area contributed by atoms with Crippen molar-refractivity contribution in [3.05, 3.63) is 83.2 Å². The van der Waals surface area contributed by atoms with E-state index in [0.717, 1.165) is 31.7 Å². The Hall–Kier alpha value is -2.57. The molecule has 162 valence electrons. The van der Waals surface area contributed by atoms with E-state index in [1.165, 1.54) is 28.5 Å². The zero-order chi connectivity index (χ0) is 21.4. The molecule has 0 amide bonds. The first-order valence-electron chi connectivity index (χ1n) is 10.6. The van der Waals surface area contributed by atoms with E-state index in [9.17, 15) is 13.2 Å². The SMILES string of the molecule is FC(F)(F)Oc1cccc(C[N-]CC2C3CN(Cc4cccc5ccccc45)CC23)c1. The smallest absolute Gasteiger partial charge is 0.573 e. The molecule has 2 unspecified atom stereocenters. The van der Waals surface area contributed by atoms with E-state index in [-0.39, 0.29) is 5.75 Å².